The van der Waals surface area contributed by atoms with Gasteiger partial charge >= 0.3 is 169 Å². The van der Waals surface area contributed by atoms with E-state index in [0.717, 1.165) is 0 Å². The Balaban J connectivity index is -0.0000000284. The molecule has 23 heavy (non-hydrogen) atoms. The average molecular weight is 708 g/mol. The molecule has 0 fully saturated rings. The maximum absolute atomic E-state index is 8.59. The predicted octanol–water partition coefficient (Wildman–Crippen LogP) is -14.2. The molecule has 0 unspecified atom stereocenters. The third kappa shape index (κ3) is 2240. The van der Waals surface area contributed by atoms with Crippen molar-refractivity contribution >= 4 is 9.90 Å². The van der Waals surface area contributed by atoms with E-state index in [-0.39, 0.29) is 60.5 Å². The Labute approximate surface area is 176 Å². The fourth-order valence-electron chi connectivity index (χ4n) is 0. The third-order valence-electron chi connectivity index (χ3n) is 0. The Morgan fingerprint density at radius 1 is 0.391 bits per heavy atom. The van der Waals surface area contributed by atoms with Crippen LogP contribution in [0.3, 0.4) is 0 Å². The molecule has 0 aromatic carbocycles. The molecule has 23 heteroatoms. The monoisotopic (exact) mass is 708 g/mol. The quantitative estimate of drug-likeness (QED) is 0.167. The van der Waals surface area contributed by atoms with Gasteiger partial charge in [0.2, 0.25) is 0 Å². The molecule has 0 N–H and O–H groups in total. The summed E-state index contributed by atoms with van der Waals surface area (Å²) >= 11 is -23.0. The summed E-state index contributed by atoms with van der Waals surface area (Å²) in [5, 5.41) is 0. The van der Waals surface area contributed by atoms with Crippen molar-refractivity contribution in [2.24, 2.45) is 0 Å². The van der Waals surface area contributed by atoms with E-state index in [1.165, 1.54) is 0 Å². The zero-order chi connectivity index (χ0) is 18.0. The standard InChI is InChI=1S/4Cr.Na.16O.H6P.W/h;;;;;;;;;;;;;;;;;;;;;1H6;/q;;;;+1;;;;;;;;;8*-1;+3;+4. The van der Waals surface area contributed by atoms with Gasteiger partial charge in [0.05, 0.1) is 0 Å². The van der Waals surface area contributed by atoms with Gasteiger partial charge in [0.25, 0.3) is 0 Å². The van der Waals surface area contributed by atoms with Crippen LogP contribution in [0.15, 0.2) is 0 Å². The van der Waals surface area contributed by atoms with Crippen molar-refractivity contribution < 1.29 is 169 Å². The van der Waals surface area contributed by atoms with Gasteiger partial charge < -0.3 is 0 Å². The normalized spacial score (nSPS) is 10.1. The fourth-order valence-corrected chi connectivity index (χ4v) is 0. The Hall–Kier alpha value is 2.33. The molecular formula is H6Cr4NaO16PW. The second kappa shape index (κ2) is 19.1. The summed E-state index contributed by atoms with van der Waals surface area (Å²) in [4.78, 5) is 0. The van der Waals surface area contributed by atoms with Crippen LogP contribution >= 0.6 is 9.90 Å². The first-order chi connectivity index (χ1) is 8.00. The van der Waals surface area contributed by atoms with Gasteiger partial charge in [-0.1, -0.05) is 0 Å². The molecule has 0 aliphatic carbocycles. The van der Waals surface area contributed by atoms with E-state index >= 15 is 0 Å². The van der Waals surface area contributed by atoms with Crippen LogP contribution in [0, 0.1) is 0 Å². The van der Waals surface area contributed by atoms with Crippen LogP contribution in [0.5, 0.6) is 0 Å². The molecule has 0 saturated carbocycles. The van der Waals surface area contributed by atoms with Crippen molar-refractivity contribution in [1.29, 1.82) is 0 Å². The Morgan fingerprint density at radius 2 is 0.391 bits per heavy atom. The molecule has 0 aliphatic rings. The molecular weight excluding hydrogens is 702 g/mol. The van der Waals surface area contributed by atoms with E-state index in [9.17, 15) is 0 Å². The summed E-state index contributed by atoms with van der Waals surface area (Å²) in [6.07, 6.45) is 0. The van der Waals surface area contributed by atoms with E-state index < -0.39 is 54.5 Å². The first-order valence-electron chi connectivity index (χ1n) is 2.67. The third-order valence-corrected chi connectivity index (χ3v) is 0. The van der Waals surface area contributed by atoms with Crippen LogP contribution in [-0.4, -0.2) is 0 Å². The molecule has 0 atom stereocenters. The van der Waals surface area contributed by atoms with E-state index in [0.29, 0.717) is 0 Å². The molecule has 0 heterocycles. The van der Waals surface area contributed by atoms with Gasteiger partial charge in [-0.15, -0.1) is 0 Å². The van der Waals surface area contributed by atoms with Gasteiger partial charge in [-0.3, -0.25) is 9.90 Å². The Bertz CT molecular complexity index is 485. The molecule has 0 saturated heterocycles. The van der Waals surface area contributed by atoms with Crippen LogP contribution in [0.4, 0.5) is 0 Å². The van der Waals surface area contributed by atoms with Crippen LogP contribution < -0.4 is 62.8 Å². The van der Waals surface area contributed by atoms with Crippen molar-refractivity contribution in [2.45, 2.75) is 0 Å². The molecule has 16 nitrogen and oxygen atoms in total. The fraction of sp³-hybridized carbons (Fsp3) is 0. The molecule has 0 bridgehead atoms. The van der Waals surface area contributed by atoms with Crippen molar-refractivity contribution in [3.05, 3.63) is 0 Å². The average Bonchev–Trinajstić information content (AvgIpc) is 1.62. The van der Waals surface area contributed by atoms with E-state index in [4.69, 9.17) is 63.7 Å². The summed E-state index contributed by atoms with van der Waals surface area (Å²) in [5.41, 5.74) is 0. The van der Waals surface area contributed by atoms with Gasteiger partial charge in [0.15, 0.2) is 0 Å². The van der Waals surface area contributed by atoms with Gasteiger partial charge in [-0.25, -0.2) is 0 Å². The number of rotatable bonds is 0. The second-order valence-electron chi connectivity index (χ2n) is 1.63. The van der Waals surface area contributed by atoms with Crippen molar-refractivity contribution in [3.63, 3.8) is 0 Å². The first-order valence-corrected chi connectivity index (χ1v) is 11.0. The largest absolute Gasteiger partial charge is 4.00 e. The zero-order valence-electron chi connectivity index (χ0n) is 9.57. The minimum Gasteiger partial charge on any atom is -0.295 e. The van der Waals surface area contributed by atoms with Crippen LogP contribution in [0.2, 0.25) is 0 Å². The van der Waals surface area contributed by atoms with Gasteiger partial charge in [0, 0.05) is 0 Å². The maximum atomic E-state index is 8.59. The van der Waals surface area contributed by atoms with Crippen molar-refractivity contribution in [1.82, 2.24) is 0 Å². The van der Waals surface area contributed by atoms with Gasteiger partial charge in [-0.05, 0) is 0 Å². The SMILES string of the molecule is [Na+].[O]=[Cr](=[O])([O-])[O-].[O]=[Cr](=[O])([O-])[O-].[O]=[Cr](=[O])([O-])[O-].[O]=[Cr](=[O])([O-])[O-].[PH6+3].[W+4]. The summed E-state index contributed by atoms with van der Waals surface area (Å²) in [7, 11) is 0. The van der Waals surface area contributed by atoms with Crippen LogP contribution in [0.25, 0.3) is 0 Å². The van der Waals surface area contributed by atoms with Crippen LogP contribution in [0.1, 0.15) is 0 Å². The zero-order valence-corrected chi connectivity index (χ0v) is 19.6. The Morgan fingerprint density at radius 3 is 0.391 bits per heavy atom. The molecule has 0 aliphatic heterocycles. The summed E-state index contributed by atoms with van der Waals surface area (Å²) in [6.45, 7) is 0. The van der Waals surface area contributed by atoms with E-state index in [1.807, 2.05) is 0 Å². The van der Waals surface area contributed by atoms with Crippen molar-refractivity contribution in [3.8, 4) is 0 Å². The van der Waals surface area contributed by atoms with E-state index in [2.05, 4.69) is 0 Å². The minimum absolute atomic E-state index is 0. The molecule has 0 rings (SSSR count). The topological polar surface area (TPSA) is 321 Å². The molecule has 0 radical (unpaired) electrons. The van der Waals surface area contributed by atoms with Crippen LogP contribution in [-0.2, 0) is 106 Å². The smallest absolute Gasteiger partial charge is 0.295 e. The molecule has 0 spiro atoms. The Kier molecular flexibility index (Phi) is 37.1. The summed E-state index contributed by atoms with van der Waals surface area (Å²) in [6, 6.07) is 0. The molecule has 0 aromatic heterocycles. The molecule has 0 aromatic rings. The second-order valence-corrected chi connectivity index (χ2v) is 6.73. The van der Waals surface area contributed by atoms with Gasteiger partial charge in [-0.2, -0.15) is 0 Å². The predicted molar refractivity (Wildman–Crippen MR) is 20.8 cm³/mol. The minimum atomic E-state index is -5.75. The first kappa shape index (κ1) is 44.6. The summed E-state index contributed by atoms with van der Waals surface area (Å²) < 4.78 is 138. The number of hydrogen-bond donors (Lipinski definition) is 0. The molecule has 0 amide bonds. The van der Waals surface area contributed by atoms with Crippen molar-refractivity contribution in [2.75, 3.05) is 0 Å². The van der Waals surface area contributed by atoms with Gasteiger partial charge in [0.1, 0.15) is 0 Å². The summed E-state index contributed by atoms with van der Waals surface area (Å²) in [5.74, 6) is 0. The number of hydrogen-bond acceptors (Lipinski definition) is 16. The maximum Gasteiger partial charge on any atom is 4.00 e. The molecule has 138 valence electrons. The van der Waals surface area contributed by atoms with E-state index in [1.54, 1.807) is 0 Å².